The standard InChI is InChI=1S/C11H11N3O2/c1-7-5-13-11(15)14-10(7)8-3-4-9(16-2)12-6-8/h3-6H,1-2H3,(H,13,14,15). The fourth-order valence-electron chi connectivity index (χ4n) is 1.41. The molecule has 0 atom stereocenters. The quantitative estimate of drug-likeness (QED) is 0.819. The van der Waals surface area contributed by atoms with E-state index in [4.69, 9.17) is 4.74 Å². The summed E-state index contributed by atoms with van der Waals surface area (Å²) < 4.78 is 4.96. The van der Waals surface area contributed by atoms with Crippen LogP contribution in [0.1, 0.15) is 5.56 Å². The summed E-state index contributed by atoms with van der Waals surface area (Å²) in [7, 11) is 1.56. The molecule has 0 aliphatic rings. The van der Waals surface area contributed by atoms with E-state index in [0.717, 1.165) is 16.8 Å². The summed E-state index contributed by atoms with van der Waals surface area (Å²) in [5, 5.41) is 0. The number of aromatic amines is 1. The molecule has 0 saturated heterocycles. The van der Waals surface area contributed by atoms with Crippen LogP contribution >= 0.6 is 0 Å². The molecular weight excluding hydrogens is 206 g/mol. The zero-order chi connectivity index (χ0) is 11.5. The van der Waals surface area contributed by atoms with E-state index < -0.39 is 0 Å². The minimum Gasteiger partial charge on any atom is -0.481 e. The van der Waals surface area contributed by atoms with Crippen molar-refractivity contribution in [1.82, 2.24) is 15.0 Å². The number of nitrogens with one attached hydrogen (secondary N) is 1. The van der Waals surface area contributed by atoms with E-state index in [1.807, 2.05) is 13.0 Å². The van der Waals surface area contributed by atoms with E-state index in [9.17, 15) is 4.79 Å². The van der Waals surface area contributed by atoms with Crippen LogP contribution in [0.3, 0.4) is 0 Å². The number of aryl methyl sites for hydroxylation is 1. The largest absolute Gasteiger partial charge is 0.481 e. The van der Waals surface area contributed by atoms with Gasteiger partial charge >= 0.3 is 5.69 Å². The smallest absolute Gasteiger partial charge is 0.345 e. The van der Waals surface area contributed by atoms with Crippen molar-refractivity contribution in [2.75, 3.05) is 7.11 Å². The summed E-state index contributed by atoms with van der Waals surface area (Å²) in [6, 6.07) is 3.58. The van der Waals surface area contributed by atoms with Crippen molar-refractivity contribution in [2.45, 2.75) is 6.92 Å². The number of methoxy groups -OCH3 is 1. The van der Waals surface area contributed by atoms with Crippen LogP contribution in [0.25, 0.3) is 11.3 Å². The number of hydrogen-bond donors (Lipinski definition) is 1. The number of hydrogen-bond acceptors (Lipinski definition) is 4. The lowest BCUT2D eigenvalue weighted by molar-refractivity contribution is 0.398. The monoisotopic (exact) mass is 217 g/mol. The molecule has 16 heavy (non-hydrogen) atoms. The molecule has 0 unspecified atom stereocenters. The van der Waals surface area contributed by atoms with E-state index in [2.05, 4.69) is 15.0 Å². The fourth-order valence-corrected chi connectivity index (χ4v) is 1.41. The van der Waals surface area contributed by atoms with Crippen molar-refractivity contribution in [2.24, 2.45) is 0 Å². The maximum absolute atomic E-state index is 11.1. The van der Waals surface area contributed by atoms with Crippen LogP contribution in [-0.2, 0) is 0 Å². The van der Waals surface area contributed by atoms with E-state index in [-0.39, 0.29) is 5.69 Å². The molecule has 82 valence electrons. The Labute approximate surface area is 92.2 Å². The van der Waals surface area contributed by atoms with Crippen molar-refractivity contribution in [3.05, 3.63) is 40.6 Å². The van der Waals surface area contributed by atoms with Crippen molar-refractivity contribution in [3.8, 4) is 17.1 Å². The lowest BCUT2D eigenvalue weighted by Crippen LogP contribution is -2.11. The number of aromatic nitrogens is 3. The van der Waals surface area contributed by atoms with Gasteiger partial charge in [-0.25, -0.2) is 14.8 Å². The van der Waals surface area contributed by atoms with Crippen LogP contribution in [-0.4, -0.2) is 22.1 Å². The zero-order valence-corrected chi connectivity index (χ0v) is 9.02. The summed E-state index contributed by atoms with van der Waals surface area (Å²) >= 11 is 0. The van der Waals surface area contributed by atoms with Gasteiger partial charge in [-0.1, -0.05) is 0 Å². The number of H-pyrrole nitrogens is 1. The van der Waals surface area contributed by atoms with E-state index in [1.54, 1.807) is 25.6 Å². The topological polar surface area (TPSA) is 67.9 Å². The Kier molecular flexibility index (Phi) is 2.68. The summed E-state index contributed by atoms with van der Waals surface area (Å²) in [5.41, 5.74) is 2.09. The van der Waals surface area contributed by atoms with Crippen LogP contribution < -0.4 is 10.4 Å². The second-order valence-electron chi connectivity index (χ2n) is 3.34. The second-order valence-corrected chi connectivity index (χ2v) is 3.34. The van der Waals surface area contributed by atoms with E-state index in [0.29, 0.717) is 5.88 Å². The molecule has 0 radical (unpaired) electrons. The molecule has 5 heteroatoms. The van der Waals surface area contributed by atoms with Gasteiger partial charge in [-0.05, 0) is 18.6 Å². The number of pyridine rings is 1. The van der Waals surface area contributed by atoms with Gasteiger partial charge in [0, 0.05) is 24.0 Å². The van der Waals surface area contributed by atoms with Crippen molar-refractivity contribution >= 4 is 0 Å². The average molecular weight is 217 g/mol. The molecule has 5 nitrogen and oxygen atoms in total. The van der Waals surface area contributed by atoms with E-state index in [1.165, 1.54) is 0 Å². The van der Waals surface area contributed by atoms with Gasteiger partial charge in [0.25, 0.3) is 0 Å². The molecule has 0 amide bonds. The highest BCUT2D eigenvalue weighted by Gasteiger charge is 2.04. The predicted molar refractivity (Wildman–Crippen MR) is 59.4 cm³/mol. The first kappa shape index (κ1) is 10.4. The van der Waals surface area contributed by atoms with Gasteiger partial charge in [0.05, 0.1) is 12.8 Å². The minimum atomic E-state index is -0.364. The molecule has 0 spiro atoms. The first-order valence-corrected chi connectivity index (χ1v) is 4.77. The van der Waals surface area contributed by atoms with Gasteiger partial charge in [0.1, 0.15) is 0 Å². The second kappa shape index (κ2) is 4.14. The van der Waals surface area contributed by atoms with Gasteiger partial charge in [0.15, 0.2) is 0 Å². The third-order valence-corrected chi connectivity index (χ3v) is 2.24. The van der Waals surface area contributed by atoms with Crippen molar-refractivity contribution in [1.29, 1.82) is 0 Å². The first-order chi connectivity index (χ1) is 7.70. The molecule has 0 bridgehead atoms. The first-order valence-electron chi connectivity index (χ1n) is 4.77. The molecule has 0 fully saturated rings. The highest BCUT2D eigenvalue weighted by atomic mass is 16.5. The number of rotatable bonds is 2. The van der Waals surface area contributed by atoms with Gasteiger partial charge in [-0.15, -0.1) is 0 Å². The summed E-state index contributed by atoms with van der Waals surface area (Å²) in [4.78, 5) is 21.5. The van der Waals surface area contributed by atoms with Gasteiger partial charge in [0.2, 0.25) is 5.88 Å². The molecule has 0 aliphatic heterocycles. The van der Waals surface area contributed by atoms with Crippen LogP contribution in [0.4, 0.5) is 0 Å². The molecular formula is C11H11N3O2. The lowest BCUT2D eigenvalue weighted by atomic mass is 10.1. The molecule has 2 heterocycles. The Bertz CT molecular complexity index is 546. The number of nitrogens with zero attached hydrogens (tertiary/aromatic N) is 2. The van der Waals surface area contributed by atoms with E-state index >= 15 is 0 Å². The summed E-state index contributed by atoms with van der Waals surface area (Å²) in [6.45, 7) is 1.88. The molecule has 0 aliphatic carbocycles. The molecule has 0 saturated carbocycles. The van der Waals surface area contributed by atoms with Gasteiger partial charge in [-0.2, -0.15) is 0 Å². The number of ether oxygens (including phenoxy) is 1. The Morgan fingerprint density at radius 3 is 2.69 bits per heavy atom. The van der Waals surface area contributed by atoms with Gasteiger partial charge in [-0.3, -0.25) is 0 Å². The van der Waals surface area contributed by atoms with Crippen LogP contribution in [0.5, 0.6) is 5.88 Å². The Balaban J connectivity index is 2.50. The summed E-state index contributed by atoms with van der Waals surface area (Å²) in [6.07, 6.45) is 3.19. The Hall–Kier alpha value is -2.17. The van der Waals surface area contributed by atoms with Crippen molar-refractivity contribution < 1.29 is 4.74 Å². The molecule has 0 aromatic carbocycles. The summed E-state index contributed by atoms with van der Waals surface area (Å²) in [5.74, 6) is 0.540. The molecule has 2 rings (SSSR count). The SMILES string of the molecule is COc1ccc(-c2[nH]c(=O)ncc2C)cn1. The lowest BCUT2D eigenvalue weighted by Gasteiger charge is -2.04. The predicted octanol–water partition coefficient (Wildman–Crippen LogP) is 1.15. The molecule has 2 aromatic rings. The zero-order valence-electron chi connectivity index (χ0n) is 9.02. The third kappa shape index (κ3) is 1.93. The highest BCUT2D eigenvalue weighted by molar-refractivity contribution is 5.61. The Morgan fingerprint density at radius 1 is 1.25 bits per heavy atom. The van der Waals surface area contributed by atoms with Crippen molar-refractivity contribution in [3.63, 3.8) is 0 Å². The maximum atomic E-state index is 11.1. The fraction of sp³-hybridized carbons (Fsp3) is 0.182. The van der Waals surface area contributed by atoms with Crippen LogP contribution in [0.2, 0.25) is 0 Å². The Morgan fingerprint density at radius 2 is 2.06 bits per heavy atom. The maximum Gasteiger partial charge on any atom is 0.345 e. The van der Waals surface area contributed by atoms with Gasteiger partial charge < -0.3 is 9.72 Å². The molecule has 1 N–H and O–H groups in total. The normalized spacial score (nSPS) is 10.1. The van der Waals surface area contributed by atoms with Crippen LogP contribution in [0, 0.1) is 6.92 Å². The average Bonchev–Trinajstić information content (AvgIpc) is 2.32. The highest BCUT2D eigenvalue weighted by Crippen LogP contribution is 2.19. The van der Waals surface area contributed by atoms with Crippen LogP contribution in [0.15, 0.2) is 29.3 Å². The third-order valence-electron chi connectivity index (χ3n) is 2.24. The molecule has 2 aromatic heterocycles. The minimum absolute atomic E-state index is 0.364.